The lowest BCUT2D eigenvalue weighted by molar-refractivity contribution is -0.689. The second kappa shape index (κ2) is 4.15. The summed E-state index contributed by atoms with van der Waals surface area (Å²) in [6.07, 6.45) is 5.75. The highest BCUT2D eigenvalue weighted by Crippen LogP contribution is 1.96. The van der Waals surface area contributed by atoms with Crippen molar-refractivity contribution in [2.45, 2.75) is 6.54 Å². The predicted octanol–water partition coefficient (Wildman–Crippen LogP) is 2.08. The molecule has 0 saturated heterocycles. The van der Waals surface area contributed by atoms with Gasteiger partial charge in [-0.1, -0.05) is 42.5 Å². The molecule has 0 radical (unpaired) electrons. The van der Waals surface area contributed by atoms with Gasteiger partial charge in [0.25, 0.3) is 0 Å². The topological polar surface area (TPSA) is 19.7 Å². The Labute approximate surface area is 87.9 Å². The van der Waals surface area contributed by atoms with Gasteiger partial charge in [0.2, 0.25) is 6.20 Å². The van der Waals surface area contributed by atoms with Crippen molar-refractivity contribution in [1.82, 2.24) is 4.98 Å². The number of nitrogens with one attached hydrogen (secondary N) is 1. The van der Waals surface area contributed by atoms with Crippen molar-refractivity contribution in [3.8, 4) is 0 Å². The SMILES string of the molecule is S=c1c[n+](Cc2ccccc2)cc[nH]1. The summed E-state index contributed by atoms with van der Waals surface area (Å²) in [7, 11) is 0. The molecule has 0 spiro atoms. The van der Waals surface area contributed by atoms with Gasteiger partial charge >= 0.3 is 0 Å². The third-order valence-electron chi connectivity index (χ3n) is 1.98. The maximum absolute atomic E-state index is 5.04. The Morgan fingerprint density at radius 2 is 2.00 bits per heavy atom. The fourth-order valence-corrected chi connectivity index (χ4v) is 1.54. The second-order valence-corrected chi connectivity index (χ2v) is 3.55. The van der Waals surface area contributed by atoms with Crippen LogP contribution in [0.3, 0.4) is 0 Å². The number of benzene rings is 1. The van der Waals surface area contributed by atoms with Gasteiger partial charge in [-0.2, -0.15) is 4.57 Å². The van der Waals surface area contributed by atoms with Crippen LogP contribution in [0.2, 0.25) is 0 Å². The van der Waals surface area contributed by atoms with Crippen molar-refractivity contribution in [3.05, 3.63) is 59.1 Å². The molecule has 14 heavy (non-hydrogen) atoms. The molecule has 1 aromatic heterocycles. The van der Waals surface area contributed by atoms with E-state index in [1.165, 1.54) is 5.56 Å². The van der Waals surface area contributed by atoms with E-state index < -0.39 is 0 Å². The van der Waals surface area contributed by atoms with E-state index in [4.69, 9.17) is 12.2 Å². The molecule has 3 heteroatoms. The highest BCUT2D eigenvalue weighted by molar-refractivity contribution is 7.71. The van der Waals surface area contributed by atoms with E-state index in [2.05, 4.69) is 21.7 Å². The third-order valence-corrected chi connectivity index (χ3v) is 2.21. The zero-order valence-electron chi connectivity index (χ0n) is 7.68. The van der Waals surface area contributed by atoms with Crippen LogP contribution in [0.4, 0.5) is 0 Å². The van der Waals surface area contributed by atoms with Gasteiger partial charge in [-0.05, 0) is 0 Å². The first-order valence-electron chi connectivity index (χ1n) is 4.46. The number of rotatable bonds is 2. The minimum absolute atomic E-state index is 0.753. The van der Waals surface area contributed by atoms with Crippen molar-refractivity contribution in [3.63, 3.8) is 0 Å². The second-order valence-electron chi connectivity index (χ2n) is 3.11. The summed E-state index contributed by atoms with van der Waals surface area (Å²) >= 11 is 5.04. The largest absolute Gasteiger partial charge is 0.343 e. The summed E-state index contributed by atoms with van der Waals surface area (Å²) in [6, 6.07) is 10.3. The first-order valence-corrected chi connectivity index (χ1v) is 4.87. The maximum Gasteiger partial charge on any atom is 0.204 e. The Morgan fingerprint density at radius 3 is 2.71 bits per heavy atom. The summed E-state index contributed by atoms with van der Waals surface area (Å²) in [5, 5.41) is 0. The third kappa shape index (κ3) is 2.26. The zero-order chi connectivity index (χ0) is 9.80. The molecule has 0 aliphatic carbocycles. The molecule has 70 valence electrons. The monoisotopic (exact) mass is 203 g/mol. The fourth-order valence-electron chi connectivity index (χ4n) is 1.34. The van der Waals surface area contributed by atoms with E-state index in [1.807, 2.05) is 36.8 Å². The van der Waals surface area contributed by atoms with E-state index >= 15 is 0 Å². The van der Waals surface area contributed by atoms with Gasteiger partial charge in [0, 0.05) is 5.56 Å². The molecule has 1 aromatic carbocycles. The Kier molecular flexibility index (Phi) is 2.70. The number of hydrogen-bond donors (Lipinski definition) is 1. The van der Waals surface area contributed by atoms with Crippen molar-refractivity contribution in [2.75, 3.05) is 0 Å². The molecule has 1 heterocycles. The summed E-state index contributed by atoms with van der Waals surface area (Å²) in [4.78, 5) is 2.95. The summed E-state index contributed by atoms with van der Waals surface area (Å²) in [5.41, 5.74) is 1.28. The average molecular weight is 203 g/mol. The van der Waals surface area contributed by atoms with Gasteiger partial charge in [-0.3, -0.25) is 0 Å². The molecular weight excluding hydrogens is 192 g/mol. The first-order chi connectivity index (χ1) is 6.84. The van der Waals surface area contributed by atoms with Crippen LogP contribution in [-0.4, -0.2) is 4.98 Å². The van der Waals surface area contributed by atoms with Gasteiger partial charge in [0.05, 0.1) is 6.20 Å². The molecule has 0 amide bonds. The van der Waals surface area contributed by atoms with E-state index in [-0.39, 0.29) is 0 Å². The normalized spacial score (nSPS) is 10.0. The molecule has 0 saturated carbocycles. The Bertz CT molecular complexity index is 462. The maximum atomic E-state index is 5.04. The van der Waals surface area contributed by atoms with Crippen molar-refractivity contribution >= 4 is 12.2 Å². The molecule has 1 N–H and O–H groups in total. The Balaban J connectivity index is 2.24. The smallest absolute Gasteiger partial charge is 0.204 e. The standard InChI is InChI=1S/C11H10N2S/c14-11-9-13(7-6-12-11)8-10-4-2-1-3-5-10/h1-7,9H,8H2/p+1. The minimum Gasteiger partial charge on any atom is -0.343 e. The summed E-state index contributed by atoms with van der Waals surface area (Å²) in [6.45, 7) is 0.860. The molecule has 0 fully saturated rings. The molecule has 0 unspecified atom stereocenters. The zero-order valence-corrected chi connectivity index (χ0v) is 8.50. The van der Waals surface area contributed by atoms with E-state index in [1.54, 1.807) is 0 Å². The Morgan fingerprint density at radius 1 is 1.21 bits per heavy atom. The van der Waals surface area contributed by atoms with Crippen LogP contribution in [0.15, 0.2) is 48.9 Å². The lowest BCUT2D eigenvalue weighted by Crippen LogP contribution is -2.33. The van der Waals surface area contributed by atoms with Gasteiger partial charge in [0.15, 0.2) is 17.4 Å². The van der Waals surface area contributed by atoms with Gasteiger partial charge in [0.1, 0.15) is 0 Å². The predicted molar refractivity (Wildman–Crippen MR) is 57.4 cm³/mol. The lowest BCUT2D eigenvalue weighted by atomic mass is 10.2. The molecule has 2 nitrogen and oxygen atoms in total. The molecule has 0 bridgehead atoms. The van der Waals surface area contributed by atoms with Crippen LogP contribution in [0.1, 0.15) is 5.56 Å². The van der Waals surface area contributed by atoms with Crippen LogP contribution >= 0.6 is 12.2 Å². The van der Waals surface area contributed by atoms with Gasteiger partial charge in [-0.15, -0.1) is 0 Å². The Hall–Kier alpha value is -1.48. The molecule has 0 atom stereocenters. The first kappa shape index (κ1) is 9.09. The van der Waals surface area contributed by atoms with E-state index in [0.29, 0.717) is 0 Å². The highest BCUT2D eigenvalue weighted by atomic mass is 32.1. The van der Waals surface area contributed by atoms with E-state index in [9.17, 15) is 0 Å². The number of aromatic amines is 1. The minimum atomic E-state index is 0.753. The van der Waals surface area contributed by atoms with Crippen LogP contribution in [-0.2, 0) is 6.54 Å². The fraction of sp³-hybridized carbons (Fsp3) is 0.0909. The summed E-state index contributed by atoms with van der Waals surface area (Å²) < 4.78 is 2.82. The molecular formula is C11H11N2S+. The summed E-state index contributed by atoms with van der Waals surface area (Å²) in [5.74, 6) is 0. The van der Waals surface area contributed by atoms with E-state index in [0.717, 1.165) is 11.2 Å². The van der Waals surface area contributed by atoms with Crippen LogP contribution < -0.4 is 4.57 Å². The number of aromatic nitrogens is 2. The van der Waals surface area contributed by atoms with Crippen molar-refractivity contribution < 1.29 is 4.57 Å². The number of nitrogens with zero attached hydrogens (tertiary/aromatic N) is 1. The molecule has 0 aliphatic rings. The van der Waals surface area contributed by atoms with Crippen LogP contribution in [0.25, 0.3) is 0 Å². The average Bonchev–Trinajstić information content (AvgIpc) is 2.19. The van der Waals surface area contributed by atoms with Gasteiger partial charge in [-0.25, -0.2) is 0 Å². The quantitative estimate of drug-likeness (QED) is 0.585. The van der Waals surface area contributed by atoms with Gasteiger partial charge < -0.3 is 4.98 Å². The number of hydrogen-bond acceptors (Lipinski definition) is 1. The number of H-pyrrole nitrogens is 1. The van der Waals surface area contributed by atoms with Crippen LogP contribution in [0.5, 0.6) is 0 Å². The lowest BCUT2D eigenvalue weighted by Gasteiger charge is -1.96. The van der Waals surface area contributed by atoms with Crippen LogP contribution in [0, 0.1) is 4.64 Å². The molecule has 0 aliphatic heterocycles. The molecule has 2 aromatic rings. The van der Waals surface area contributed by atoms with Crippen molar-refractivity contribution in [2.24, 2.45) is 0 Å². The molecule has 2 rings (SSSR count). The highest BCUT2D eigenvalue weighted by Gasteiger charge is 2.00. The van der Waals surface area contributed by atoms with Crippen molar-refractivity contribution in [1.29, 1.82) is 0 Å².